The van der Waals surface area contributed by atoms with Crippen LogP contribution in [0.1, 0.15) is 15.9 Å². The molecule has 4 nitrogen and oxygen atoms in total. The van der Waals surface area contributed by atoms with E-state index in [1.54, 1.807) is 0 Å². The van der Waals surface area contributed by atoms with Gasteiger partial charge in [-0.05, 0) is 17.7 Å². The second kappa shape index (κ2) is 9.75. The van der Waals surface area contributed by atoms with E-state index in [1.165, 1.54) is 37.1 Å². The van der Waals surface area contributed by atoms with Crippen LogP contribution in [0.25, 0.3) is 0 Å². The minimum atomic E-state index is -0.880. The number of halogens is 2. The number of allylic oxidation sites excluding steroid dienone is 3. The molecule has 2 aromatic carbocycles. The molecule has 3 N–H and O–H groups in total. The summed E-state index contributed by atoms with van der Waals surface area (Å²) in [5.41, 5.74) is 6.25. The number of carbonyl (C=O) groups excluding carboxylic acids is 1. The van der Waals surface area contributed by atoms with E-state index in [-0.39, 0.29) is 22.6 Å². The lowest BCUT2D eigenvalue weighted by Gasteiger charge is -2.17. The molecule has 0 saturated heterocycles. The zero-order chi connectivity index (χ0) is 20.7. The highest BCUT2D eigenvalue weighted by Crippen LogP contribution is 2.37. The second-order valence-electron chi connectivity index (χ2n) is 5.64. The molecule has 0 radical (unpaired) electrons. The molecule has 0 aliphatic carbocycles. The van der Waals surface area contributed by atoms with E-state index in [0.29, 0.717) is 10.6 Å². The zero-order valence-electron chi connectivity index (χ0n) is 15.3. The average molecular weight is 402 g/mol. The summed E-state index contributed by atoms with van der Waals surface area (Å²) in [6.07, 6.45) is 2.56. The fraction of sp³-hybridized carbons (Fsp3) is 0.0952. The van der Waals surface area contributed by atoms with Crippen molar-refractivity contribution in [3.63, 3.8) is 0 Å². The topological polar surface area (TPSA) is 64.3 Å². The highest BCUT2D eigenvalue weighted by Gasteiger charge is 2.23. The molecule has 0 aliphatic heterocycles. The summed E-state index contributed by atoms with van der Waals surface area (Å²) in [6.45, 7) is 6.65. The molecule has 0 spiro atoms. The molecular formula is C21H20F2N2O2S. The second-order valence-corrected chi connectivity index (χ2v) is 6.65. The number of esters is 1. The van der Waals surface area contributed by atoms with Crippen molar-refractivity contribution < 1.29 is 18.3 Å². The van der Waals surface area contributed by atoms with Crippen molar-refractivity contribution in [2.75, 3.05) is 18.2 Å². The number of carbonyl (C=O) groups is 1. The third kappa shape index (κ3) is 5.01. The lowest BCUT2D eigenvalue weighted by Crippen LogP contribution is -2.12. The fourth-order valence-corrected chi connectivity index (χ4v) is 3.30. The molecule has 0 bridgehead atoms. The van der Waals surface area contributed by atoms with Gasteiger partial charge in [0.1, 0.15) is 5.83 Å². The maximum atomic E-state index is 15.0. The fourth-order valence-electron chi connectivity index (χ4n) is 2.34. The Bertz CT molecular complexity index is 928. The standard InChI is InChI=1S/C21H20F2N2O2S/c1-4-8-16(13(2)22)25-20-15(21(26)27-3)11-17(19(24)18(20)23)28-12-14-9-6-5-7-10-14/h4-11,25H,1-2,12,24H2,3H3/b16-8+. The van der Waals surface area contributed by atoms with Gasteiger partial charge >= 0.3 is 5.97 Å². The van der Waals surface area contributed by atoms with Gasteiger partial charge in [0.05, 0.1) is 29.7 Å². The molecule has 0 heterocycles. The van der Waals surface area contributed by atoms with Crippen LogP contribution in [0.5, 0.6) is 0 Å². The Labute approximate surface area is 166 Å². The number of nitrogens with one attached hydrogen (secondary N) is 1. The smallest absolute Gasteiger partial charge is 0.340 e. The monoisotopic (exact) mass is 402 g/mol. The molecule has 146 valence electrons. The third-order valence-electron chi connectivity index (χ3n) is 3.75. The van der Waals surface area contributed by atoms with Crippen LogP contribution in [0.4, 0.5) is 20.2 Å². The molecule has 7 heteroatoms. The maximum absolute atomic E-state index is 15.0. The number of hydrogen-bond donors (Lipinski definition) is 2. The Morgan fingerprint density at radius 2 is 2.04 bits per heavy atom. The van der Waals surface area contributed by atoms with Gasteiger partial charge in [0.15, 0.2) is 5.82 Å². The number of hydrogen-bond acceptors (Lipinski definition) is 5. The van der Waals surface area contributed by atoms with Crippen LogP contribution in [0.2, 0.25) is 0 Å². The molecule has 0 atom stereocenters. The lowest BCUT2D eigenvalue weighted by atomic mass is 10.1. The highest BCUT2D eigenvalue weighted by molar-refractivity contribution is 7.98. The summed E-state index contributed by atoms with van der Waals surface area (Å²) in [6, 6.07) is 11.0. The van der Waals surface area contributed by atoms with Gasteiger partial charge in [-0.15, -0.1) is 11.8 Å². The van der Waals surface area contributed by atoms with Gasteiger partial charge in [-0.1, -0.05) is 49.6 Å². The number of ether oxygens (including phenoxy) is 1. The Kier molecular flexibility index (Phi) is 7.40. The van der Waals surface area contributed by atoms with Gasteiger partial charge in [-0.3, -0.25) is 0 Å². The molecule has 2 aromatic rings. The quantitative estimate of drug-likeness (QED) is 0.266. The summed E-state index contributed by atoms with van der Waals surface area (Å²) >= 11 is 1.28. The van der Waals surface area contributed by atoms with E-state index in [4.69, 9.17) is 10.5 Å². The number of nitrogen functional groups attached to an aromatic ring is 1. The summed E-state index contributed by atoms with van der Waals surface area (Å²) < 4.78 is 33.4. The molecule has 0 unspecified atom stereocenters. The van der Waals surface area contributed by atoms with Crippen molar-refractivity contribution in [1.82, 2.24) is 0 Å². The minimum absolute atomic E-state index is 0.110. The predicted octanol–water partition coefficient (Wildman–Crippen LogP) is 5.45. The van der Waals surface area contributed by atoms with E-state index >= 15 is 0 Å². The van der Waals surface area contributed by atoms with Crippen molar-refractivity contribution in [2.24, 2.45) is 0 Å². The zero-order valence-corrected chi connectivity index (χ0v) is 16.1. The summed E-state index contributed by atoms with van der Waals surface area (Å²) in [4.78, 5) is 12.6. The highest BCUT2D eigenvalue weighted by atomic mass is 32.2. The van der Waals surface area contributed by atoms with Crippen molar-refractivity contribution >= 4 is 29.1 Å². The van der Waals surface area contributed by atoms with Gasteiger partial charge in [0.2, 0.25) is 0 Å². The molecule has 0 amide bonds. The van der Waals surface area contributed by atoms with Crippen LogP contribution in [-0.2, 0) is 10.5 Å². The maximum Gasteiger partial charge on any atom is 0.340 e. The van der Waals surface area contributed by atoms with E-state index < -0.39 is 17.6 Å². The molecule has 0 aliphatic rings. The number of thioether (sulfide) groups is 1. The van der Waals surface area contributed by atoms with E-state index in [0.717, 1.165) is 5.56 Å². The van der Waals surface area contributed by atoms with E-state index in [9.17, 15) is 13.6 Å². The van der Waals surface area contributed by atoms with Crippen LogP contribution in [-0.4, -0.2) is 13.1 Å². The number of nitrogens with two attached hydrogens (primary N) is 1. The number of rotatable bonds is 8. The first-order valence-corrected chi connectivity index (χ1v) is 9.19. The molecule has 0 fully saturated rings. The molecule has 2 rings (SSSR count). The largest absolute Gasteiger partial charge is 0.465 e. The number of benzene rings is 2. The Morgan fingerprint density at radius 1 is 1.36 bits per heavy atom. The average Bonchev–Trinajstić information content (AvgIpc) is 2.70. The SMILES string of the molecule is C=C/C=C(/Nc1c(C(=O)OC)cc(SCc2ccccc2)c(N)c1F)C(=C)F. The number of methoxy groups -OCH3 is 1. The Balaban J connectivity index is 2.47. The van der Waals surface area contributed by atoms with Gasteiger partial charge in [-0.25, -0.2) is 13.6 Å². The summed E-state index contributed by atoms with van der Waals surface area (Å²) in [5, 5.41) is 2.52. The molecule has 0 aromatic heterocycles. The van der Waals surface area contributed by atoms with E-state index in [1.807, 2.05) is 30.3 Å². The Morgan fingerprint density at radius 3 is 2.61 bits per heavy atom. The minimum Gasteiger partial charge on any atom is -0.465 e. The summed E-state index contributed by atoms with van der Waals surface area (Å²) in [7, 11) is 1.17. The molecule has 0 saturated carbocycles. The van der Waals surface area contributed by atoms with Crippen molar-refractivity contribution in [1.29, 1.82) is 0 Å². The lowest BCUT2D eigenvalue weighted by molar-refractivity contribution is 0.0601. The Hall–Kier alpha value is -3.06. The first-order valence-electron chi connectivity index (χ1n) is 8.20. The van der Waals surface area contributed by atoms with Gasteiger partial charge in [0.25, 0.3) is 0 Å². The van der Waals surface area contributed by atoms with Crippen molar-refractivity contribution in [3.05, 3.63) is 90.2 Å². The first-order chi connectivity index (χ1) is 13.4. The summed E-state index contributed by atoms with van der Waals surface area (Å²) in [5.74, 6) is -1.99. The normalized spacial score (nSPS) is 11.0. The van der Waals surface area contributed by atoms with Crippen molar-refractivity contribution in [2.45, 2.75) is 10.6 Å². The predicted molar refractivity (Wildman–Crippen MR) is 110 cm³/mol. The van der Waals surface area contributed by atoms with Gasteiger partial charge in [0, 0.05) is 10.6 Å². The van der Waals surface area contributed by atoms with Crippen LogP contribution in [0.15, 0.2) is 78.1 Å². The van der Waals surface area contributed by atoms with Crippen molar-refractivity contribution in [3.8, 4) is 0 Å². The van der Waals surface area contributed by atoms with Gasteiger partial charge in [-0.2, -0.15) is 0 Å². The van der Waals surface area contributed by atoms with Gasteiger partial charge < -0.3 is 15.8 Å². The third-order valence-corrected chi connectivity index (χ3v) is 4.87. The van der Waals surface area contributed by atoms with E-state index in [2.05, 4.69) is 18.5 Å². The number of anilines is 2. The molecular weight excluding hydrogens is 382 g/mol. The van der Waals surface area contributed by atoms with Crippen LogP contribution in [0, 0.1) is 5.82 Å². The van der Waals surface area contributed by atoms with Crippen LogP contribution >= 0.6 is 11.8 Å². The molecule has 28 heavy (non-hydrogen) atoms. The first kappa shape index (κ1) is 21.2. The van der Waals surface area contributed by atoms with Crippen LogP contribution < -0.4 is 11.1 Å². The van der Waals surface area contributed by atoms with Crippen LogP contribution in [0.3, 0.4) is 0 Å².